The second-order valence-electron chi connectivity index (χ2n) is 8.18. The predicted molar refractivity (Wildman–Crippen MR) is 127 cm³/mol. The fraction of sp³-hybridized carbons (Fsp3) is 0.333. The van der Waals surface area contributed by atoms with Gasteiger partial charge in [0.15, 0.2) is 11.6 Å². The Labute approximate surface area is 201 Å². The first-order valence-corrected chi connectivity index (χ1v) is 10.7. The van der Waals surface area contributed by atoms with E-state index in [0.717, 1.165) is 6.54 Å². The van der Waals surface area contributed by atoms with E-state index in [1.165, 1.54) is 16.8 Å². The number of anilines is 3. The number of carbonyl (C=O) groups is 4. The molecule has 0 saturated heterocycles. The number of primary amides is 1. The normalized spacial score (nSPS) is 10.9. The zero-order valence-corrected chi connectivity index (χ0v) is 20.2. The lowest BCUT2D eigenvalue weighted by molar-refractivity contribution is -0.555. The van der Waals surface area contributed by atoms with Crippen molar-refractivity contribution in [2.75, 3.05) is 43.1 Å². The molecule has 0 atom stereocenters. The number of nitrogens with two attached hydrogens (primary N) is 1. The molecule has 0 fully saturated rings. The maximum absolute atomic E-state index is 12.8. The Bertz CT molecular complexity index is 1250. The molecule has 0 spiro atoms. The number of hydrogen-bond acceptors (Lipinski definition) is 7. The summed E-state index contributed by atoms with van der Waals surface area (Å²) < 4.78 is 4.57. The average molecular weight is 486 g/mol. The zero-order chi connectivity index (χ0) is 25.7. The van der Waals surface area contributed by atoms with Crippen LogP contribution in [0.25, 0.3) is 0 Å². The van der Waals surface area contributed by atoms with Gasteiger partial charge in [-0.3, -0.25) is 19.7 Å². The molecule has 3 aromatic heterocycles. The molecule has 0 bridgehead atoms. The van der Waals surface area contributed by atoms with Gasteiger partial charge in [-0.15, -0.1) is 0 Å². The highest BCUT2D eigenvalue weighted by molar-refractivity contribution is 6.06. The van der Waals surface area contributed by atoms with E-state index in [1.54, 1.807) is 48.0 Å². The average Bonchev–Trinajstić information content (AvgIpc) is 3.44. The van der Waals surface area contributed by atoms with E-state index in [4.69, 9.17) is 0 Å². The van der Waals surface area contributed by atoms with Crippen molar-refractivity contribution in [1.82, 2.24) is 28.6 Å². The number of aromatic nitrogens is 5. The van der Waals surface area contributed by atoms with Gasteiger partial charge in [0.05, 0.1) is 12.2 Å². The molecule has 35 heavy (non-hydrogen) atoms. The smallest absolute Gasteiger partial charge is 0.344 e. The van der Waals surface area contributed by atoms with Crippen LogP contribution in [0.2, 0.25) is 0 Å². The van der Waals surface area contributed by atoms with E-state index in [1.807, 2.05) is 19.0 Å². The van der Waals surface area contributed by atoms with Crippen LogP contribution in [0.1, 0.15) is 31.7 Å². The van der Waals surface area contributed by atoms with Crippen molar-refractivity contribution in [3.05, 3.63) is 42.0 Å². The van der Waals surface area contributed by atoms with E-state index in [0.29, 0.717) is 18.6 Å². The van der Waals surface area contributed by atoms with Crippen molar-refractivity contribution >= 4 is 41.5 Å². The van der Waals surface area contributed by atoms with E-state index in [-0.39, 0.29) is 34.9 Å². The molecule has 0 aliphatic heterocycles. The van der Waals surface area contributed by atoms with Gasteiger partial charge in [0.2, 0.25) is 18.1 Å². The summed E-state index contributed by atoms with van der Waals surface area (Å²) in [6, 6.07) is 1.50. The molecule has 0 unspecified atom stereocenters. The standard InChI is InChI=1S/C21H28N10O4/c1-28(2)7-6-22-20(34)17-26-16(11-31(17)5)27-19(33)14-8-13(9-29(14)3)24-21(35)18-25-15(23-12-32)10-30(18)4/h8-12H,6-7H2,1-5H3,(H,22,34)(H,23,32)(H,24,35)(H,27,33)/p+1. The predicted octanol–water partition coefficient (Wildman–Crippen LogP) is -1.17. The molecule has 3 heterocycles. The first-order chi connectivity index (χ1) is 16.6. The Balaban J connectivity index is 1.66. The first-order valence-electron chi connectivity index (χ1n) is 10.7. The van der Waals surface area contributed by atoms with Crippen molar-refractivity contribution in [1.29, 1.82) is 0 Å². The van der Waals surface area contributed by atoms with Crippen LogP contribution in [0.4, 0.5) is 17.3 Å². The third-order valence-corrected chi connectivity index (χ3v) is 5.03. The highest BCUT2D eigenvalue weighted by Crippen LogP contribution is 2.17. The molecule has 14 nitrogen and oxygen atoms in total. The lowest BCUT2D eigenvalue weighted by Gasteiger charge is -2.06. The molecule has 0 aromatic carbocycles. The summed E-state index contributed by atoms with van der Waals surface area (Å²) in [5.41, 5.74) is 0.641. The summed E-state index contributed by atoms with van der Waals surface area (Å²) in [5.74, 6) is -0.422. The van der Waals surface area contributed by atoms with Crippen LogP contribution in [-0.4, -0.2) is 79.9 Å². The van der Waals surface area contributed by atoms with Gasteiger partial charge in [0.1, 0.15) is 5.69 Å². The van der Waals surface area contributed by atoms with Crippen molar-refractivity contribution in [3.63, 3.8) is 0 Å². The van der Waals surface area contributed by atoms with Crippen molar-refractivity contribution in [3.8, 4) is 0 Å². The SMILES string of the molecule is CN(C)CC[NH2+]C(=O)c1nc(NC(=O)c2cc(NC(=O)c3nc(NC=O)cn3C)cn2C)cn1C. The molecule has 4 amide bonds. The molecule has 186 valence electrons. The maximum atomic E-state index is 12.8. The number of nitrogens with zero attached hydrogens (tertiary/aromatic N) is 6. The fourth-order valence-corrected chi connectivity index (χ4v) is 3.33. The fourth-order valence-electron chi connectivity index (χ4n) is 3.33. The Morgan fingerprint density at radius 3 is 2.29 bits per heavy atom. The number of hydrogen-bond donors (Lipinski definition) is 4. The number of quaternary nitrogens is 1. The Morgan fingerprint density at radius 1 is 0.943 bits per heavy atom. The molecule has 0 saturated carbocycles. The molecule has 0 radical (unpaired) electrons. The summed E-state index contributed by atoms with van der Waals surface area (Å²) in [6.45, 7) is 1.33. The van der Waals surface area contributed by atoms with Gasteiger partial charge in [0.25, 0.3) is 11.8 Å². The van der Waals surface area contributed by atoms with E-state index >= 15 is 0 Å². The second-order valence-corrected chi connectivity index (χ2v) is 8.18. The van der Waals surface area contributed by atoms with Crippen LogP contribution < -0.4 is 21.3 Å². The summed E-state index contributed by atoms with van der Waals surface area (Å²) in [7, 11) is 8.81. The molecule has 5 N–H and O–H groups in total. The van der Waals surface area contributed by atoms with E-state index in [2.05, 4.69) is 25.9 Å². The summed E-state index contributed by atoms with van der Waals surface area (Å²) in [6.07, 6.45) is 5.10. The molecule has 0 aliphatic rings. The number of amides is 4. The number of aryl methyl sites for hydroxylation is 3. The van der Waals surface area contributed by atoms with Crippen LogP contribution in [0, 0.1) is 0 Å². The van der Waals surface area contributed by atoms with Crippen LogP contribution in [0.5, 0.6) is 0 Å². The number of nitrogens with one attached hydrogen (secondary N) is 3. The summed E-state index contributed by atoms with van der Waals surface area (Å²) in [5, 5.41) is 9.31. The second kappa shape index (κ2) is 10.8. The van der Waals surface area contributed by atoms with Gasteiger partial charge in [-0.25, -0.2) is 14.8 Å². The third kappa shape index (κ3) is 6.18. The Morgan fingerprint density at radius 2 is 1.60 bits per heavy atom. The minimum Gasteiger partial charge on any atom is -0.344 e. The van der Waals surface area contributed by atoms with Crippen molar-refractivity contribution in [2.24, 2.45) is 21.1 Å². The minimum absolute atomic E-state index is 0.0808. The maximum Gasteiger partial charge on any atom is 0.378 e. The van der Waals surface area contributed by atoms with E-state index in [9.17, 15) is 19.2 Å². The van der Waals surface area contributed by atoms with E-state index < -0.39 is 11.8 Å². The monoisotopic (exact) mass is 485 g/mol. The Hall–Kier alpha value is -4.30. The van der Waals surface area contributed by atoms with Gasteiger partial charge in [0, 0.05) is 46.3 Å². The number of carbonyl (C=O) groups excluding carboxylic acids is 4. The minimum atomic E-state index is -0.512. The van der Waals surface area contributed by atoms with Crippen LogP contribution in [0.15, 0.2) is 24.7 Å². The van der Waals surface area contributed by atoms with Crippen LogP contribution in [0.3, 0.4) is 0 Å². The molecule has 3 aromatic rings. The van der Waals surface area contributed by atoms with Crippen molar-refractivity contribution in [2.45, 2.75) is 0 Å². The van der Waals surface area contributed by atoms with Gasteiger partial charge < -0.3 is 34.6 Å². The number of likely N-dealkylation sites (N-methyl/N-ethyl adjacent to an activating group) is 1. The van der Waals surface area contributed by atoms with Crippen LogP contribution in [-0.2, 0) is 25.9 Å². The van der Waals surface area contributed by atoms with Gasteiger partial charge in [-0.1, -0.05) is 0 Å². The zero-order valence-electron chi connectivity index (χ0n) is 20.2. The summed E-state index contributed by atoms with van der Waals surface area (Å²) in [4.78, 5) is 58.7. The largest absolute Gasteiger partial charge is 0.378 e. The van der Waals surface area contributed by atoms with Gasteiger partial charge in [-0.2, -0.15) is 0 Å². The molecule has 14 heteroatoms. The highest BCUT2D eigenvalue weighted by Gasteiger charge is 2.21. The van der Waals surface area contributed by atoms with Crippen LogP contribution >= 0.6 is 0 Å². The molecular weight excluding hydrogens is 456 g/mol. The third-order valence-electron chi connectivity index (χ3n) is 5.03. The van der Waals surface area contributed by atoms with Crippen molar-refractivity contribution < 1.29 is 24.5 Å². The highest BCUT2D eigenvalue weighted by atomic mass is 16.2. The molecule has 0 aliphatic carbocycles. The number of imidazole rings is 2. The lowest BCUT2D eigenvalue weighted by atomic mass is 10.3. The topological polar surface area (TPSA) is 165 Å². The molecular formula is C21H29N10O4+. The molecule has 3 rings (SSSR count). The quantitative estimate of drug-likeness (QED) is 0.263. The number of rotatable bonds is 10. The lowest BCUT2D eigenvalue weighted by Crippen LogP contribution is -2.89. The van der Waals surface area contributed by atoms with Gasteiger partial charge in [-0.05, 0) is 20.2 Å². The first kappa shape index (κ1) is 25.3. The Kier molecular flexibility index (Phi) is 7.78. The summed E-state index contributed by atoms with van der Waals surface area (Å²) >= 11 is 0. The van der Waals surface area contributed by atoms with Gasteiger partial charge >= 0.3 is 5.91 Å².